The van der Waals surface area contributed by atoms with E-state index in [0.29, 0.717) is 31.7 Å². The molecule has 0 saturated carbocycles. The SMILES string of the molecule is COCCN(CC1CCCN1)C(=O)CCC1CCCO1. The van der Waals surface area contributed by atoms with Gasteiger partial charge < -0.3 is 19.7 Å². The Morgan fingerprint density at radius 1 is 1.40 bits per heavy atom. The van der Waals surface area contributed by atoms with Crippen molar-refractivity contribution < 1.29 is 14.3 Å². The number of ether oxygens (including phenoxy) is 2. The van der Waals surface area contributed by atoms with Gasteiger partial charge in [-0.1, -0.05) is 0 Å². The van der Waals surface area contributed by atoms with Gasteiger partial charge in [-0.3, -0.25) is 4.79 Å². The van der Waals surface area contributed by atoms with E-state index in [2.05, 4.69) is 5.32 Å². The van der Waals surface area contributed by atoms with Gasteiger partial charge in [-0.25, -0.2) is 0 Å². The van der Waals surface area contributed by atoms with Crippen LogP contribution >= 0.6 is 0 Å². The topological polar surface area (TPSA) is 50.8 Å². The standard InChI is InChI=1S/C15H28N2O3/c1-19-11-9-17(12-13-4-2-8-16-13)15(18)7-6-14-5-3-10-20-14/h13-14,16H,2-12H2,1H3. The van der Waals surface area contributed by atoms with E-state index in [0.717, 1.165) is 39.0 Å². The number of nitrogens with one attached hydrogen (secondary N) is 1. The van der Waals surface area contributed by atoms with Crippen LogP contribution in [-0.4, -0.2) is 62.9 Å². The molecule has 0 radical (unpaired) electrons. The van der Waals surface area contributed by atoms with Crippen LogP contribution in [0.5, 0.6) is 0 Å². The summed E-state index contributed by atoms with van der Waals surface area (Å²) in [4.78, 5) is 14.3. The summed E-state index contributed by atoms with van der Waals surface area (Å²) >= 11 is 0. The second-order valence-electron chi connectivity index (χ2n) is 5.80. The number of rotatable bonds is 8. The Bertz CT molecular complexity index is 287. The first kappa shape index (κ1) is 15.7. The Kier molecular flexibility index (Phi) is 6.76. The molecular formula is C15H28N2O3. The molecular weight excluding hydrogens is 256 g/mol. The molecule has 2 saturated heterocycles. The normalized spacial score (nSPS) is 26.1. The maximum atomic E-state index is 12.4. The van der Waals surface area contributed by atoms with Crippen LogP contribution in [0.15, 0.2) is 0 Å². The van der Waals surface area contributed by atoms with Gasteiger partial charge in [-0.2, -0.15) is 0 Å². The molecule has 0 aromatic carbocycles. The van der Waals surface area contributed by atoms with Crippen LogP contribution < -0.4 is 5.32 Å². The maximum absolute atomic E-state index is 12.4. The van der Waals surface area contributed by atoms with Crippen LogP contribution in [0, 0.1) is 0 Å². The fourth-order valence-corrected chi connectivity index (χ4v) is 3.01. The average molecular weight is 284 g/mol. The second-order valence-corrected chi connectivity index (χ2v) is 5.80. The highest BCUT2D eigenvalue weighted by molar-refractivity contribution is 5.76. The van der Waals surface area contributed by atoms with E-state index in [1.54, 1.807) is 7.11 Å². The predicted molar refractivity (Wildman–Crippen MR) is 77.7 cm³/mol. The Balaban J connectivity index is 1.75. The molecule has 2 aliphatic heterocycles. The van der Waals surface area contributed by atoms with Gasteiger partial charge in [-0.05, 0) is 38.6 Å². The Labute approximate surface area is 122 Å². The quantitative estimate of drug-likeness (QED) is 0.727. The van der Waals surface area contributed by atoms with Crippen molar-refractivity contribution in [1.82, 2.24) is 10.2 Å². The van der Waals surface area contributed by atoms with Crippen LogP contribution in [0.25, 0.3) is 0 Å². The molecule has 1 amide bonds. The van der Waals surface area contributed by atoms with E-state index in [1.807, 2.05) is 4.90 Å². The largest absolute Gasteiger partial charge is 0.383 e. The zero-order chi connectivity index (χ0) is 14.2. The first-order valence-electron chi connectivity index (χ1n) is 7.91. The van der Waals surface area contributed by atoms with E-state index < -0.39 is 0 Å². The molecule has 2 atom stereocenters. The summed E-state index contributed by atoms with van der Waals surface area (Å²) in [5, 5.41) is 3.46. The number of carbonyl (C=O) groups is 1. The van der Waals surface area contributed by atoms with Crippen molar-refractivity contribution in [2.24, 2.45) is 0 Å². The molecule has 5 nitrogen and oxygen atoms in total. The summed E-state index contributed by atoms with van der Waals surface area (Å²) in [6.07, 6.45) is 6.39. The van der Waals surface area contributed by atoms with Crippen LogP contribution in [-0.2, 0) is 14.3 Å². The molecule has 1 N–H and O–H groups in total. The number of methoxy groups -OCH3 is 1. The number of hydrogen-bond donors (Lipinski definition) is 1. The van der Waals surface area contributed by atoms with Gasteiger partial charge in [0, 0.05) is 39.3 Å². The van der Waals surface area contributed by atoms with Crippen molar-refractivity contribution in [3.8, 4) is 0 Å². The molecule has 0 aromatic rings. The molecule has 20 heavy (non-hydrogen) atoms. The van der Waals surface area contributed by atoms with Crippen molar-refractivity contribution in [1.29, 1.82) is 0 Å². The highest BCUT2D eigenvalue weighted by atomic mass is 16.5. The van der Waals surface area contributed by atoms with Crippen LogP contribution in [0.4, 0.5) is 0 Å². The molecule has 2 heterocycles. The van der Waals surface area contributed by atoms with Crippen molar-refractivity contribution in [2.75, 3.05) is 40.0 Å². The lowest BCUT2D eigenvalue weighted by atomic mass is 10.1. The zero-order valence-corrected chi connectivity index (χ0v) is 12.6. The number of carbonyl (C=O) groups excluding carboxylic acids is 1. The number of hydrogen-bond acceptors (Lipinski definition) is 4. The summed E-state index contributed by atoms with van der Waals surface area (Å²) in [5.74, 6) is 0.242. The molecule has 2 unspecified atom stereocenters. The first-order chi connectivity index (χ1) is 9.79. The minimum absolute atomic E-state index is 0.242. The Hall–Kier alpha value is -0.650. The van der Waals surface area contributed by atoms with Crippen LogP contribution in [0.1, 0.15) is 38.5 Å². The van der Waals surface area contributed by atoms with E-state index in [-0.39, 0.29) is 5.91 Å². The predicted octanol–water partition coefficient (Wildman–Crippen LogP) is 1.17. The lowest BCUT2D eigenvalue weighted by molar-refractivity contribution is -0.132. The highest BCUT2D eigenvalue weighted by Crippen LogP contribution is 2.17. The summed E-state index contributed by atoms with van der Waals surface area (Å²) in [7, 11) is 1.68. The van der Waals surface area contributed by atoms with E-state index >= 15 is 0 Å². The second kappa shape index (κ2) is 8.60. The van der Waals surface area contributed by atoms with Crippen molar-refractivity contribution in [3.63, 3.8) is 0 Å². The first-order valence-corrected chi connectivity index (χ1v) is 7.91. The van der Waals surface area contributed by atoms with Gasteiger partial charge in [0.1, 0.15) is 0 Å². The highest BCUT2D eigenvalue weighted by Gasteiger charge is 2.23. The summed E-state index contributed by atoms with van der Waals surface area (Å²) in [6.45, 7) is 4.05. The molecule has 2 aliphatic rings. The average Bonchev–Trinajstić information content (AvgIpc) is 3.13. The van der Waals surface area contributed by atoms with Gasteiger partial charge in [0.25, 0.3) is 0 Å². The number of nitrogens with zero attached hydrogens (tertiary/aromatic N) is 1. The van der Waals surface area contributed by atoms with Gasteiger partial charge in [0.15, 0.2) is 0 Å². The number of amides is 1. The third-order valence-electron chi connectivity index (χ3n) is 4.23. The van der Waals surface area contributed by atoms with Gasteiger partial charge in [0.2, 0.25) is 5.91 Å². The molecule has 5 heteroatoms. The van der Waals surface area contributed by atoms with Crippen molar-refractivity contribution >= 4 is 5.91 Å². The molecule has 0 bridgehead atoms. The van der Waals surface area contributed by atoms with Crippen molar-refractivity contribution in [3.05, 3.63) is 0 Å². The monoisotopic (exact) mass is 284 g/mol. The fraction of sp³-hybridized carbons (Fsp3) is 0.933. The Morgan fingerprint density at radius 3 is 2.95 bits per heavy atom. The fourth-order valence-electron chi connectivity index (χ4n) is 3.01. The summed E-state index contributed by atoms with van der Waals surface area (Å²) < 4.78 is 10.7. The van der Waals surface area contributed by atoms with E-state index in [4.69, 9.17) is 9.47 Å². The third kappa shape index (κ3) is 5.04. The smallest absolute Gasteiger partial charge is 0.222 e. The van der Waals surface area contributed by atoms with E-state index in [1.165, 1.54) is 12.8 Å². The minimum Gasteiger partial charge on any atom is -0.383 e. The lowest BCUT2D eigenvalue weighted by Gasteiger charge is -2.26. The van der Waals surface area contributed by atoms with Gasteiger partial charge in [-0.15, -0.1) is 0 Å². The van der Waals surface area contributed by atoms with Crippen molar-refractivity contribution in [2.45, 2.75) is 50.7 Å². The Morgan fingerprint density at radius 2 is 2.30 bits per heavy atom. The third-order valence-corrected chi connectivity index (χ3v) is 4.23. The molecule has 2 rings (SSSR count). The molecule has 116 valence electrons. The lowest BCUT2D eigenvalue weighted by Crippen LogP contribution is -2.42. The van der Waals surface area contributed by atoms with Gasteiger partial charge >= 0.3 is 0 Å². The van der Waals surface area contributed by atoms with Crippen LogP contribution in [0.2, 0.25) is 0 Å². The van der Waals surface area contributed by atoms with Crippen LogP contribution in [0.3, 0.4) is 0 Å². The maximum Gasteiger partial charge on any atom is 0.222 e. The summed E-state index contributed by atoms with van der Waals surface area (Å²) in [6, 6.07) is 0.457. The zero-order valence-electron chi connectivity index (χ0n) is 12.6. The molecule has 0 aliphatic carbocycles. The summed E-state index contributed by atoms with van der Waals surface area (Å²) in [5.41, 5.74) is 0. The molecule has 2 fully saturated rings. The molecule has 0 spiro atoms. The minimum atomic E-state index is 0.242. The van der Waals surface area contributed by atoms with Gasteiger partial charge in [0.05, 0.1) is 12.7 Å². The van der Waals surface area contributed by atoms with E-state index in [9.17, 15) is 4.79 Å². The molecule has 0 aromatic heterocycles.